The normalized spacial score (nSPS) is 18.2. The summed E-state index contributed by atoms with van der Waals surface area (Å²) in [6.07, 6.45) is 4.24. The van der Waals surface area contributed by atoms with Crippen LogP contribution in [-0.2, 0) is 4.79 Å². The van der Waals surface area contributed by atoms with Crippen LogP contribution in [0.1, 0.15) is 32.6 Å². The lowest BCUT2D eigenvalue weighted by Crippen LogP contribution is -2.38. The highest BCUT2D eigenvalue weighted by molar-refractivity contribution is 5.75. The van der Waals surface area contributed by atoms with E-state index in [0.29, 0.717) is 6.42 Å². The number of hydrogen-bond acceptors (Lipinski definition) is 3. The van der Waals surface area contributed by atoms with Crippen molar-refractivity contribution in [2.24, 2.45) is 5.92 Å². The second-order valence-corrected chi connectivity index (χ2v) is 4.87. The van der Waals surface area contributed by atoms with Crippen LogP contribution in [0.25, 0.3) is 0 Å². The number of likely N-dealkylation sites (tertiary alicyclic amines) is 1. The third kappa shape index (κ3) is 6.03. The zero-order valence-corrected chi connectivity index (χ0v) is 11.3. The number of nitrogens with zero attached hydrogens (tertiary/aromatic N) is 1. The van der Waals surface area contributed by atoms with E-state index in [9.17, 15) is 4.79 Å². The fraction of sp³-hybridized carbons (Fsp3) is 0.923. The van der Waals surface area contributed by atoms with Crippen LogP contribution >= 0.6 is 0 Å². The van der Waals surface area contributed by atoms with Crippen molar-refractivity contribution >= 4 is 5.91 Å². The van der Waals surface area contributed by atoms with Gasteiger partial charge in [-0.15, -0.1) is 0 Å². The van der Waals surface area contributed by atoms with Gasteiger partial charge < -0.3 is 15.5 Å². The summed E-state index contributed by atoms with van der Waals surface area (Å²) in [6, 6.07) is 0. The van der Waals surface area contributed by atoms with Gasteiger partial charge in [-0.2, -0.15) is 0 Å². The van der Waals surface area contributed by atoms with Gasteiger partial charge in [0.2, 0.25) is 5.91 Å². The molecule has 0 unspecified atom stereocenters. The lowest BCUT2D eigenvalue weighted by molar-refractivity contribution is -0.120. The lowest BCUT2D eigenvalue weighted by Gasteiger charge is -2.31. The summed E-state index contributed by atoms with van der Waals surface area (Å²) in [5, 5.41) is 6.09. The van der Waals surface area contributed by atoms with Gasteiger partial charge in [0.05, 0.1) is 0 Å². The van der Waals surface area contributed by atoms with Crippen LogP contribution in [0, 0.1) is 5.92 Å². The molecule has 0 aromatic rings. The zero-order chi connectivity index (χ0) is 12.5. The highest BCUT2D eigenvalue weighted by atomic mass is 16.1. The van der Waals surface area contributed by atoms with Crippen LogP contribution in [0.2, 0.25) is 0 Å². The number of rotatable bonds is 7. The Hall–Kier alpha value is -0.610. The molecule has 1 heterocycles. The van der Waals surface area contributed by atoms with Gasteiger partial charge >= 0.3 is 0 Å². The first-order valence-electron chi connectivity index (χ1n) is 6.90. The third-order valence-electron chi connectivity index (χ3n) is 3.55. The van der Waals surface area contributed by atoms with Crippen LogP contribution in [0.15, 0.2) is 0 Å². The maximum Gasteiger partial charge on any atom is 0.219 e. The molecule has 0 aromatic carbocycles. The first kappa shape index (κ1) is 14.5. The third-order valence-corrected chi connectivity index (χ3v) is 3.55. The number of carbonyl (C=O) groups is 1. The van der Waals surface area contributed by atoms with E-state index in [4.69, 9.17) is 0 Å². The van der Waals surface area contributed by atoms with Crippen LogP contribution in [0.4, 0.5) is 0 Å². The van der Waals surface area contributed by atoms with E-state index in [2.05, 4.69) is 22.5 Å². The van der Waals surface area contributed by atoms with Gasteiger partial charge in [0.25, 0.3) is 0 Å². The minimum absolute atomic E-state index is 0.159. The van der Waals surface area contributed by atoms with Crippen molar-refractivity contribution in [1.29, 1.82) is 0 Å². The average molecular weight is 241 g/mol. The molecule has 0 radical (unpaired) electrons. The van der Waals surface area contributed by atoms with E-state index in [1.54, 1.807) is 7.05 Å². The van der Waals surface area contributed by atoms with Crippen molar-refractivity contribution in [3.63, 3.8) is 0 Å². The van der Waals surface area contributed by atoms with E-state index >= 15 is 0 Å². The van der Waals surface area contributed by atoms with E-state index in [0.717, 1.165) is 25.4 Å². The maximum atomic E-state index is 11.1. The molecule has 1 amide bonds. The molecule has 2 N–H and O–H groups in total. The Labute approximate surface area is 105 Å². The average Bonchev–Trinajstić information content (AvgIpc) is 2.37. The van der Waals surface area contributed by atoms with Gasteiger partial charge in [0.15, 0.2) is 0 Å². The molecule has 1 rings (SSSR count). The number of piperidine rings is 1. The number of hydrogen-bond donors (Lipinski definition) is 2. The van der Waals surface area contributed by atoms with Crippen LogP contribution in [-0.4, -0.2) is 50.6 Å². The molecule has 1 aliphatic rings. The van der Waals surface area contributed by atoms with Crippen LogP contribution in [0.3, 0.4) is 0 Å². The molecular formula is C13H27N3O. The van der Waals surface area contributed by atoms with Gasteiger partial charge in [-0.25, -0.2) is 0 Å². The minimum Gasteiger partial charge on any atom is -0.359 e. The van der Waals surface area contributed by atoms with Crippen molar-refractivity contribution in [3.8, 4) is 0 Å². The molecule has 17 heavy (non-hydrogen) atoms. The molecule has 1 aliphatic heterocycles. The minimum atomic E-state index is 0.159. The Balaban J connectivity index is 2.04. The molecular weight excluding hydrogens is 214 g/mol. The highest BCUT2D eigenvalue weighted by Gasteiger charge is 2.18. The van der Waals surface area contributed by atoms with Crippen molar-refractivity contribution in [3.05, 3.63) is 0 Å². The molecule has 0 bridgehead atoms. The summed E-state index contributed by atoms with van der Waals surface area (Å²) in [7, 11) is 1.70. The monoisotopic (exact) mass is 241 g/mol. The molecule has 0 aliphatic carbocycles. The largest absolute Gasteiger partial charge is 0.359 e. The number of nitrogens with one attached hydrogen (secondary N) is 2. The molecule has 0 saturated carbocycles. The van der Waals surface area contributed by atoms with Gasteiger partial charge in [0, 0.05) is 13.5 Å². The quantitative estimate of drug-likeness (QED) is 0.694. The molecule has 0 aromatic heterocycles. The van der Waals surface area contributed by atoms with Gasteiger partial charge in [-0.1, -0.05) is 6.92 Å². The fourth-order valence-electron chi connectivity index (χ4n) is 2.35. The number of carbonyl (C=O) groups excluding carboxylic acids is 1. The van der Waals surface area contributed by atoms with Gasteiger partial charge in [-0.3, -0.25) is 4.79 Å². The first-order chi connectivity index (χ1) is 8.26. The number of amides is 1. The Morgan fingerprint density at radius 2 is 2.06 bits per heavy atom. The molecule has 0 spiro atoms. The predicted molar refractivity (Wildman–Crippen MR) is 71.0 cm³/mol. The van der Waals surface area contributed by atoms with E-state index in [1.165, 1.54) is 32.5 Å². The topological polar surface area (TPSA) is 44.4 Å². The molecule has 0 atom stereocenters. The van der Waals surface area contributed by atoms with E-state index in [-0.39, 0.29) is 5.91 Å². The summed E-state index contributed by atoms with van der Waals surface area (Å²) in [6.45, 7) is 7.87. The van der Waals surface area contributed by atoms with Crippen molar-refractivity contribution in [1.82, 2.24) is 15.5 Å². The maximum absolute atomic E-state index is 11.1. The summed E-state index contributed by atoms with van der Waals surface area (Å²) in [5.41, 5.74) is 0. The summed E-state index contributed by atoms with van der Waals surface area (Å²) in [4.78, 5) is 13.6. The molecule has 4 nitrogen and oxygen atoms in total. The standard InChI is InChI=1S/C13H27N3O/c1-3-15-11-12-6-9-16(10-7-12)8-4-5-13(17)14-2/h12,15H,3-11H2,1-2H3,(H,14,17). The van der Waals surface area contributed by atoms with Crippen molar-refractivity contribution < 1.29 is 4.79 Å². The Bertz CT molecular complexity index is 213. The molecule has 4 heteroatoms. The second-order valence-electron chi connectivity index (χ2n) is 4.87. The Kier molecular flexibility index (Phi) is 7.21. The van der Waals surface area contributed by atoms with Crippen LogP contribution in [0.5, 0.6) is 0 Å². The summed E-state index contributed by atoms with van der Waals surface area (Å²) >= 11 is 0. The Morgan fingerprint density at radius 1 is 1.35 bits per heavy atom. The van der Waals surface area contributed by atoms with Crippen LogP contribution < -0.4 is 10.6 Å². The highest BCUT2D eigenvalue weighted by Crippen LogP contribution is 2.16. The molecule has 100 valence electrons. The smallest absolute Gasteiger partial charge is 0.219 e. The molecule has 1 fully saturated rings. The van der Waals surface area contributed by atoms with E-state index in [1.807, 2.05) is 0 Å². The SMILES string of the molecule is CCNCC1CCN(CCCC(=O)NC)CC1. The second kappa shape index (κ2) is 8.48. The fourth-order valence-corrected chi connectivity index (χ4v) is 2.35. The zero-order valence-electron chi connectivity index (χ0n) is 11.3. The lowest BCUT2D eigenvalue weighted by atomic mass is 9.96. The van der Waals surface area contributed by atoms with Gasteiger partial charge in [0.1, 0.15) is 0 Å². The van der Waals surface area contributed by atoms with E-state index < -0.39 is 0 Å². The molecule has 1 saturated heterocycles. The summed E-state index contributed by atoms with van der Waals surface area (Å²) < 4.78 is 0. The Morgan fingerprint density at radius 3 is 2.65 bits per heavy atom. The van der Waals surface area contributed by atoms with Gasteiger partial charge in [-0.05, 0) is 57.9 Å². The van der Waals surface area contributed by atoms with Crippen molar-refractivity contribution in [2.75, 3.05) is 39.8 Å². The summed E-state index contributed by atoms with van der Waals surface area (Å²) in [5.74, 6) is 1.01. The van der Waals surface area contributed by atoms with Crippen molar-refractivity contribution in [2.45, 2.75) is 32.6 Å². The first-order valence-corrected chi connectivity index (χ1v) is 6.90. The predicted octanol–water partition coefficient (Wildman–Crippen LogP) is 0.834.